The van der Waals surface area contributed by atoms with Gasteiger partial charge in [0, 0.05) is 23.5 Å². The predicted molar refractivity (Wildman–Crippen MR) is 50.9 cm³/mol. The average molecular weight is 286 g/mol. The molecule has 1 heterocycles. The van der Waals surface area contributed by atoms with E-state index < -0.39 is 5.79 Å². The van der Waals surface area contributed by atoms with E-state index in [1.165, 1.54) is 0 Å². The van der Waals surface area contributed by atoms with Gasteiger partial charge in [0.15, 0.2) is 0 Å². The molecule has 0 amide bonds. The summed E-state index contributed by atoms with van der Waals surface area (Å²) < 4.78 is 10.7. The summed E-state index contributed by atoms with van der Waals surface area (Å²) in [7, 11) is 0. The van der Waals surface area contributed by atoms with E-state index in [-0.39, 0.29) is 0 Å². The molecular formula is C7H10Br2O2. The third-order valence-corrected chi connectivity index (χ3v) is 2.36. The van der Waals surface area contributed by atoms with E-state index in [1.807, 2.05) is 0 Å². The Morgan fingerprint density at radius 2 is 1.45 bits per heavy atom. The molecule has 1 rings (SSSR count). The zero-order valence-electron chi connectivity index (χ0n) is 6.06. The van der Waals surface area contributed by atoms with Crippen molar-refractivity contribution < 1.29 is 9.47 Å². The summed E-state index contributed by atoms with van der Waals surface area (Å²) >= 11 is 6.72. The molecule has 0 aliphatic carbocycles. The van der Waals surface area contributed by atoms with Crippen LogP contribution in [0.2, 0.25) is 0 Å². The molecule has 0 bridgehead atoms. The maximum absolute atomic E-state index is 5.36. The minimum Gasteiger partial charge on any atom is -0.457 e. The second-order valence-corrected chi connectivity index (χ2v) is 3.88. The Balaban J connectivity index is 2.43. The van der Waals surface area contributed by atoms with Gasteiger partial charge in [-0.3, -0.25) is 0 Å². The van der Waals surface area contributed by atoms with E-state index in [0.717, 1.165) is 23.5 Å². The number of hydrogen-bond acceptors (Lipinski definition) is 2. The molecule has 0 N–H and O–H groups in total. The molecule has 2 nitrogen and oxygen atoms in total. The van der Waals surface area contributed by atoms with Gasteiger partial charge in [-0.15, -0.1) is 0 Å². The molecule has 11 heavy (non-hydrogen) atoms. The molecular weight excluding hydrogens is 276 g/mol. The number of rotatable bonds is 4. The molecule has 4 heteroatoms. The Morgan fingerprint density at radius 3 is 1.82 bits per heavy atom. The van der Waals surface area contributed by atoms with E-state index in [9.17, 15) is 0 Å². The summed E-state index contributed by atoms with van der Waals surface area (Å²) in [6.07, 6.45) is 4.94. The van der Waals surface area contributed by atoms with Crippen LogP contribution in [0.4, 0.5) is 0 Å². The predicted octanol–water partition coefficient (Wildman–Crippen LogP) is 2.77. The maximum atomic E-state index is 5.36. The SMILES string of the molecule is BrCCC1(CCBr)OC=CO1. The van der Waals surface area contributed by atoms with Gasteiger partial charge in [-0.05, 0) is 0 Å². The van der Waals surface area contributed by atoms with Crippen molar-refractivity contribution >= 4 is 31.9 Å². The topological polar surface area (TPSA) is 18.5 Å². The van der Waals surface area contributed by atoms with Crippen LogP contribution >= 0.6 is 31.9 Å². The average Bonchev–Trinajstić information content (AvgIpc) is 2.39. The summed E-state index contributed by atoms with van der Waals surface area (Å²) in [5, 5.41) is 1.78. The summed E-state index contributed by atoms with van der Waals surface area (Å²) in [5.41, 5.74) is 0. The van der Waals surface area contributed by atoms with E-state index >= 15 is 0 Å². The maximum Gasteiger partial charge on any atom is 0.251 e. The van der Waals surface area contributed by atoms with Crippen molar-refractivity contribution in [3.63, 3.8) is 0 Å². The van der Waals surface area contributed by atoms with Crippen LogP contribution in [0.5, 0.6) is 0 Å². The van der Waals surface area contributed by atoms with Gasteiger partial charge in [-0.2, -0.15) is 0 Å². The molecule has 0 fully saturated rings. The number of halogens is 2. The van der Waals surface area contributed by atoms with Gasteiger partial charge in [0.05, 0.1) is 0 Å². The molecule has 0 radical (unpaired) electrons. The highest BCUT2D eigenvalue weighted by molar-refractivity contribution is 9.09. The Bertz CT molecular complexity index is 131. The normalized spacial score (nSPS) is 19.5. The van der Waals surface area contributed by atoms with E-state index in [4.69, 9.17) is 9.47 Å². The van der Waals surface area contributed by atoms with Crippen molar-refractivity contribution in [1.82, 2.24) is 0 Å². The fraction of sp³-hybridized carbons (Fsp3) is 0.714. The van der Waals surface area contributed by atoms with Gasteiger partial charge < -0.3 is 9.47 Å². The van der Waals surface area contributed by atoms with Gasteiger partial charge >= 0.3 is 0 Å². The fourth-order valence-electron chi connectivity index (χ4n) is 0.980. The number of ether oxygens (including phenoxy) is 2. The first-order chi connectivity index (χ1) is 5.33. The quantitative estimate of drug-likeness (QED) is 0.740. The second kappa shape index (κ2) is 4.36. The minimum absolute atomic E-state index is 0.410. The molecule has 1 aliphatic rings. The van der Waals surface area contributed by atoms with Gasteiger partial charge in [-0.25, -0.2) is 0 Å². The van der Waals surface area contributed by atoms with E-state index in [2.05, 4.69) is 31.9 Å². The van der Waals surface area contributed by atoms with Crippen LogP contribution in [0.3, 0.4) is 0 Å². The third-order valence-electron chi connectivity index (χ3n) is 1.57. The molecule has 0 saturated heterocycles. The lowest BCUT2D eigenvalue weighted by atomic mass is 10.1. The summed E-state index contributed by atoms with van der Waals surface area (Å²) in [5.74, 6) is -0.410. The second-order valence-electron chi connectivity index (χ2n) is 2.30. The van der Waals surface area contributed by atoms with Crippen LogP contribution < -0.4 is 0 Å². The monoisotopic (exact) mass is 284 g/mol. The molecule has 64 valence electrons. The Morgan fingerprint density at radius 1 is 1.00 bits per heavy atom. The minimum atomic E-state index is -0.410. The Kier molecular flexibility index (Phi) is 3.72. The molecule has 0 atom stereocenters. The zero-order chi connectivity index (χ0) is 8.16. The first-order valence-electron chi connectivity index (χ1n) is 3.45. The van der Waals surface area contributed by atoms with Gasteiger partial charge in [0.1, 0.15) is 12.5 Å². The van der Waals surface area contributed by atoms with Gasteiger partial charge in [0.25, 0.3) is 5.79 Å². The van der Waals surface area contributed by atoms with Crippen LogP contribution in [-0.4, -0.2) is 16.4 Å². The fourth-order valence-corrected chi connectivity index (χ4v) is 2.19. The third kappa shape index (κ3) is 2.37. The summed E-state index contributed by atoms with van der Waals surface area (Å²) in [6.45, 7) is 0. The molecule has 0 aromatic rings. The van der Waals surface area contributed by atoms with Crippen molar-refractivity contribution in [2.24, 2.45) is 0 Å². The molecule has 0 saturated carbocycles. The highest BCUT2D eigenvalue weighted by Crippen LogP contribution is 2.29. The van der Waals surface area contributed by atoms with Crippen LogP contribution in [0.1, 0.15) is 12.8 Å². The summed E-state index contributed by atoms with van der Waals surface area (Å²) in [4.78, 5) is 0. The highest BCUT2D eigenvalue weighted by atomic mass is 79.9. The molecule has 0 aromatic carbocycles. The molecule has 0 aromatic heterocycles. The van der Waals surface area contributed by atoms with Crippen molar-refractivity contribution in [3.8, 4) is 0 Å². The largest absolute Gasteiger partial charge is 0.457 e. The lowest BCUT2D eigenvalue weighted by molar-refractivity contribution is -0.143. The van der Waals surface area contributed by atoms with Crippen LogP contribution in [0, 0.1) is 0 Å². The number of hydrogen-bond donors (Lipinski definition) is 0. The molecule has 0 spiro atoms. The van der Waals surface area contributed by atoms with Crippen LogP contribution in [-0.2, 0) is 9.47 Å². The molecule has 0 unspecified atom stereocenters. The van der Waals surface area contributed by atoms with Gasteiger partial charge in [0.2, 0.25) is 0 Å². The first-order valence-corrected chi connectivity index (χ1v) is 5.70. The van der Waals surface area contributed by atoms with Crippen molar-refractivity contribution in [2.75, 3.05) is 10.7 Å². The number of alkyl halides is 2. The lowest BCUT2D eigenvalue weighted by Crippen LogP contribution is -2.30. The highest BCUT2D eigenvalue weighted by Gasteiger charge is 2.33. The Hall–Kier alpha value is 0.300. The smallest absolute Gasteiger partial charge is 0.251 e. The van der Waals surface area contributed by atoms with Gasteiger partial charge in [-0.1, -0.05) is 31.9 Å². The standard InChI is InChI=1S/C7H10Br2O2/c8-3-1-7(2-4-9)10-5-6-11-7/h5-6H,1-4H2. The van der Waals surface area contributed by atoms with E-state index in [1.54, 1.807) is 12.5 Å². The van der Waals surface area contributed by atoms with Crippen LogP contribution in [0.25, 0.3) is 0 Å². The van der Waals surface area contributed by atoms with Crippen molar-refractivity contribution in [3.05, 3.63) is 12.5 Å². The Labute approximate surface area is 83.2 Å². The zero-order valence-corrected chi connectivity index (χ0v) is 9.23. The lowest BCUT2D eigenvalue weighted by Gasteiger charge is -2.25. The van der Waals surface area contributed by atoms with Crippen molar-refractivity contribution in [1.29, 1.82) is 0 Å². The first kappa shape index (κ1) is 9.39. The summed E-state index contributed by atoms with van der Waals surface area (Å²) in [6, 6.07) is 0. The molecule has 1 aliphatic heterocycles. The van der Waals surface area contributed by atoms with E-state index in [0.29, 0.717) is 0 Å². The van der Waals surface area contributed by atoms with Crippen molar-refractivity contribution in [2.45, 2.75) is 18.6 Å². The van der Waals surface area contributed by atoms with Crippen LogP contribution in [0.15, 0.2) is 12.5 Å².